The molecule has 0 aliphatic carbocycles. The zero-order chi connectivity index (χ0) is 6.24. The van der Waals surface area contributed by atoms with E-state index in [2.05, 4.69) is 11.8 Å². The highest BCUT2D eigenvalue weighted by Gasteiger charge is 1.78. The SMILES string of the molecule is CC#CCCCOC. The Hall–Kier alpha value is -0.480. The molecule has 0 saturated carbocycles. The number of unbranched alkanes of at least 4 members (excludes halogenated alkanes) is 1. The lowest BCUT2D eigenvalue weighted by Crippen LogP contribution is -1.85. The van der Waals surface area contributed by atoms with Gasteiger partial charge >= 0.3 is 0 Å². The van der Waals surface area contributed by atoms with Crippen LogP contribution in [0.2, 0.25) is 0 Å². The van der Waals surface area contributed by atoms with Crippen molar-refractivity contribution in [2.45, 2.75) is 19.8 Å². The zero-order valence-electron chi connectivity index (χ0n) is 5.53. The molecular formula is C7H12O. The molecule has 0 fully saturated rings. The second-order valence-corrected chi connectivity index (χ2v) is 1.52. The van der Waals surface area contributed by atoms with Gasteiger partial charge in [0.05, 0.1) is 0 Å². The first-order chi connectivity index (χ1) is 3.91. The molecule has 0 rings (SSSR count). The first-order valence-electron chi connectivity index (χ1n) is 2.80. The summed E-state index contributed by atoms with van der Waals surface area (Å²) in [6.45, 7) is 2.68. The molecule has 0 unspecified atom stereocenters. The highest BCUT2D eigenvalue weighted by atomic mass is 16.5. The van der Waals surface area contributed by atoms with Crippen LogP contribution in [-0.4, -0.2) is 13.7 Å². The van der Waals surface area contributed by atoms with E-state index in [0.717, 1.165) is 19.4 Å². The molecule has 46 valence electrons. The molecule has 0 spiro atoms. The predicted molar refractivity (Wildman–Crippen MR) is 34.6 cm³/mol. The fourth-order valence-corrected chi connectivity index (χ4v) is 0.430. The van der Waals surface area contributed by atoms with Gasteiger partial charge in [-0.05, 0) is 13.3 Å². The number of hydrogen-bond acceptors (Lipinski definition) is 1. The molecule has 0 aromatic heterocycles. The number of ether oxygens (including phenoxy) is 1. The van der Waals surface area contributed by atoms with Gasteiger partial charge in [0.25, 0.3) is 0 Å². The molecule has 0 N–H and O–H groups in total. The van der Waals surface area contributed by atoms with E-state index in [1.54, 1.807) is 7.11 Å². The molecular weight excluding hydrogens is 100 g/mol. The highest BCUT2D eigenvalue weighted by Crippen LogP contribution is 1.84. The number of methoxy groups -OCH3 is 1. The van der Waals surface area contributed by atoms with Crippen LogP contribution >= 0.6 is 0 Å². The summed E-state index contributed by atoms with van der Waals surface area (Å²) >= 11 is 0. The largest absolute Gasteiger partial charge is 0.385 e. The molecule has 0 aliphatic rings. The second-order valence-electron chi connectivity index (χ2n) is 1.52. The lowest BCUT2D eigenvalue weighted by molar-refractivity contribution is 0.196. The van der Waals surface area contributed by atoms with Gasteiger partial charge in [-0.15, -0.1) is 11.8 Å². The average molecular weight is 112 g/mol. The average Bonchev–Trinajstić information content (AvgIpc) is 1.81. The van der Waals surface area contributed by atoms with Crippen LogP contribution in [0.25, 0.3) is 0 Å². The van der Waals surface area contributed by atoms with E-state index in [1.165, 1.54) is 0 Å². The molecule has 0 aromatic carbocycles. The Balaban J connectivity index is 2.79. The molecule has 0 heterocycles. The summed E-state index contributed by atoms with van der Waals surface area (Å²) in [5.41, 5.74) is 0. The summed E-state index contributed by atoms with van der Waals surface area (Å²) < 4.78 is 4.82. The standard InChI is InChI=1S/C7H12O/c1-3-4-5-6-7-8-2/h5-7H2,1-2H3. The molecule has 0 amide bonds. The Kier molecular flexibility index (Phi) is 6.13. The summed E-state index contributed by atoms with van der Waals surface area (Å²) in [7, 11) is 1.71. The minimum Gasteiger partial charge on any atom is -0.385 e. The van der Waals surface area contributed by atoms with E-state index in [1.807, 2.05) is 6.92 Å². The van der Waals surface area contributed by atoms with Crippen molar-refractivity contribution in [2.24, 2.45) is 0 Å². The Morgan fingerprint density at radius 3 is 2.75 bits per heavy atom. The number of rotatable bonds is 3. The van der Waals surface area contributed by atoms with E-state index in [4.69, 9.17) is 4.74 Å². The van der Waals surface area contributed by atoms with E-state index in [-0.39, 0.29) is 0 Å². The third-order valence-electron chi connectivity index (χ3n) is 0.827. The highest BCUT2D eigenvalue weighted by molar-refractivity contribution is 4.94. The van der Waals surface area contributed by atoms with Gasteiger partial charge < -0.3 is 4.74 Å². The van der Waals surface area contributed by atoms with Crippen LogP contribution in [0.1, 0.15) is 19.8 Å². The molecule has 0 aliphatic heterocycles. The summed E-state index contributed by atoms with van der Waals surface area (Å²) in [6.07, 6.45) is 2.02. The van der Waals surface area contributed by atoms with Crippen molar-refractivity contribution in [2.75, 3.05) is 13.7 Å². The van der Waals surface area contributed by atoms with Crippen LogP contribution in [0.4, 0.5) is 0 Å². The Labute approximate surface area is 51.0 Å². The van der Waals surface area contributed by atoms with Gasteiger partial charge in [0.1, 0.15) is 0 Å². The van der Waals surface area contributed by atoms with Gasteiger partial charge in [0, 0.05) is 20.1 Å². The minimum atomic E-state index is 0.828. The first-order valence-corrected chi connectivity index (χ1v) is 2.80. The van der Waals surface area contributed by atoms with Gasteiger partial charge in [0.15, 0.2) is 0 Å². The van der Waals surface area contributed by atoms with Crippen molar-refractivity contribution in [3.05, 3.63) is 0 Å². The van der Waals surface area contributed by atoms with Gasteiger partial charge in [-0.3, -0.25) is 0 Å². The third-order valence-corrected chi connectivity index (χ3v) is 0.827. The topological polar surface area (TPSA) is 9.23 Å². The van der Waals surface area contributed by atoms with Crippen molar-refractivity contribution >= 4 is 0 Å². The summed E-state index contributed by atoms with van der Waals surface area (Å²) in [5.74, 6) is 5.77. The van der Waals surface area contributed by atoms with Crippen LogP contribution < -0.4 is 0 Å². The summed E-state index contributed by atoms with van der Waals surface area (Å²) in [4.78, 5) is 0. The first kappa shape index (κ1) is 7.52. The van der Waals surface area contributed by atoms with Gasteiger partial charge in [-0.1, -0.05) is 0 Å². The van der Waals surface area contributed by atoms with Crippen LogP contribution in [0.5, 0.6) is 0 Å². The van der Waals surface area contributed by atoms with E-state index in [9.17, 15) is 0 Å². The lowest BCUT2D eigenvalue weighted by atomic mass is 10.3. The molecule has 0 aromatic rings. The molecule has 8 heavy (non-hydrogen) atoms. The fourth-order valence-electron chi connectivity index (χ4n) is 0.430. The van der Waals surface area contributed by atoms with E-state index in [0.29, 0.717) is 0 Å². The molecule has 0 saturated heterocycles. The smallest absolute Gasteiger partial charge is 0.0471 e. The Morgan fingerprint density at radius 2 is 2.25 bits per heavy atom. The molecule has 1 heteroatoms. The molecule has 1 nitrogen and oxygen atoms in total. The van der Waals surface area contributed by atoms with E-state index < -0.39 is 0 Å². The fraction of sp³-hybridized carbons (Fsp3) is 0.714. The van der Waals surface area contributed by atoms with Crippen molar-refractivity contribution < 1.29 is 4.74 Å². The maximum Gasteiger partial charge on any atom is 0.0471 e. The predicted octanol–water partition coefficient (Wildman–Crippen LogP) is 1.44. The normalized spacial score (nSPS) is 7.75. The van der Waals surface area contributed by atoms with Crippen molar-refractivity contribution in [1.82, 2.24) is 0 Å². The van der Waals surface area contributed by atoms with Crippen LogP contribution in [-0.2, 0) is 4.74 Å². The summed E-state index contributed by atoms with van der Waals surface area (Å²) in [5, 5.41) is 0. The lowest BCUT2D eigenvalue weighted by Gasteiger charge is -1.89. The summed E-state index contributed by atoms with van der Waals surface area (Å²) in [6, 6.07) is 0. The second kappa shape index (κ2) is 6.52. The van der Waals surface area contributed by atoms with Crippen molar-refractivity contribution in [1.29, 1.82) is 0 Å². The molecule has 0 bridgehead atoms. The minimum absolute atomic E-state index is 0.828. The van der Waals surface area contributed by atoms with Crippen LogP contribution in [0.15, 0.2) is 0 Å². The van der Waals surface area contributed by atoms with Gasteiger partial charge in [-0.25, -0.2) is 0 Å². The Bertz CT molecular complexity index is 86.3. The van der Waals surface area contributed by atoms with Crippen molar-refractivity contribution in [3.63, 3.8) is 0 Å². The maximum atomic E-state index is 4.82. The van der Waals surface area contributed by atoms with Gasteiger partial charge in [-0.2, -0.15) is 0 Å². The third kappa shape index (κ3) is 5.52. The molecule has 0 atom stereocenters. The van der Waals surface area contributed by atoms with Gasteiger partial charge in [0.2, 0.25) is 0 Å². The quantitative estimate of drug-likeness (QED) is 0.396. The van der Waals surface area contributed by atoms with E-state index >= 15 is 0 Å². The molecule has 0 radical (unpaired) electrons. The van der Waals surface area contributed by atoms with Crippen LogP contribution in [0, 0.1) is 11.8 Å². The zero-order valence-corrected chi connectivity index (χ0v) is 5.53. The number of hydrogen-bond donors (Lipinski definition) is 0. The van der Waals surface area contributed by atoms with Crippen molar-refractivity contribution in [3.8, 4) is 11.8 Å². The van der Waals surface area contributed by atoms with Crippen LogP contribution in [0.3, 0.4) is 0 Å². The maximum absolute atomic E-state index is 4.82. The Morgan fingerprint density at radius 1 is 1.50 bits per heavy atom. The monoisotopic (exact) mass is 112 g/mol.